The molecule has 8 heteroatoms. The fraction of sp³-hybridized carbons (Fsp3) is 0.385. The molecule has 0 unspecified atom stereocenters. The van der Waals surface area contributed by atoms with Crippen molar-refractivity contribution < 1.29 is 14.1 Å². The molecular formula is C13H15N5O3. The van der Waals surface area contributed by atoms with Crippen molar-refractivity contribution in [3.8, 4) is 0 Å². The van der Waals surface area contributed by atoms with Crippen LogP contribution in [0.2, 0.25) is 0 Å². The molecule has 0 saturated carbocycles. The Kier molecular flexibility index (Phi) is 3.67. The van der Waals surface area contributed by atoms with Crippen LogP contribution in [0.15, 0.2) is 29.0 Å². The van der Waals surface area contributed by atoms with E-state index in [1.807, 2.05) is 0 Å². The number of piperidine rings is 1. The molecule has 3 rings (SSSR count). The van der Waals surface area contributed by atoms with E-state index < -0.39 is 5.91 Å². The highest BCUT2D eigenvalue weighted by Crippen LogP contribution is 2.10. The first kappa shape index (κ1) is 13.3. The molecule has 21 heavy (non-hydrogen) atoms. The number of aromatic nitrogens is 3. The zero-order valence-corrected chi connectivity index (χ0v) is 11.4. The van der Waals surface area contributed by atoms with E-state index in [9.17, 15) is 9.59 Å². The van der Waals surface area contributed by atoms with Crippen LogP contribution in [0.1, 0.15) is 35.5 Å². The number of nitrogens with zero attached hydrogens (tertiary/aromatic N) is 4. The molecule has 0 bridgehead atoms. The van der Waals surface area contributed by atoms with Crippen LogP contribution in [0, 0.1) is 0 Å². The highest BCUT2D eigenvalue weighted by molar-refractivity contribution is 5.93. The lowest BCUT2D eigenvalue weighted by Crippen LogP contribution is -2.48. The maximum Gasteiger partial charge on any atom is 0.292 e. The average Bonchev–Trinajstić information content (AvgIpc) is 3.13. The van der Waals surface area contributed by atoms with E-state index in [1.54, 1.807) is 29.2 Å². The van der Waals surface area contributed by atoms with Gasteiger partial charge in [-0.05, 0) is 18.9 Å². The highest BCUT2D eigenvalue weighted by atomic mass is 16.5. The van der Waals surface area contributed by atoms with Crippen molar-refractivity contribution in [2.24, 2.45) is 0 Å². The summed E-state index contributed by atoms with van der Waals surface area (Å²) in [5.74, 6) is 0.00407. The van der Waals surface area contributed by atoms with E-state index in [0.29, 0.717) is 25.3 Å². The lowest BCUT2D eigenvalue weighted by Gasteiger charge is -2.26. The maximum absolute atomic E-state index is 12.0. The van der Waals surface area contributed by atoms with Gasteiger partial charge < -0.3 is 4.52 Å². The van der Waals surface area contributed by atoms with Crippen LogP contribution in [0.5, 0.6) is 0 Å². The molecule has 110 valence electrons. The topological polar surface area (TPSA) is 93.3 Å². The number of amides is 2. The van der Waals surface area contributed by atoms with Gasteiger partial charge in [-0.2, -0.15) is 5.10 Å². The van der Waals surface area contributed by atoms with Crippen LogP contribution in [-0.2, 0) is 11.3 Å². The first-order valence-electron chi connectivity index (χ1n) is 6.77. The summed E-state index contributed by atoms with van der Waals surface area (Å²) in [4.78, 5) is 23.7. The van der Waals surface area contributed by atoms with Gasteiger partial charge in [-0.1, -0.05) is 5.16 Å². The predicted molar refractivity (Wildman–Crippen MR) is 70.9 cm³/mol. The lowest BCUT2D eigenvalue weighted by molar-refractivity contribution is -0.135. The Morgan fingerprint density at radius 1 is 1.43 bits per heavy atom. The number of hydrogen-bond acceptors (Lipinski definition) is 5. The Balaban J connectivity index is 1.62. The molecule has 0 aromatic carbocycles. The van der Waals surface area contributed by atoms with Crippen molar-refractivity contribution in [3.63, 3.8) is 0 Å². The third-order valence-corrected chi connectivity index (χ3v) is 3.23. The van der Waals surface area contributed by atoms with E-state index in [0.717, 1.165) is 12.8 Å². The summed E-state index contributed by atoms with van der Waals surface area (Å²) in [6.45, 7) is 0.929. The average molecular weight is 289 g/mol. The van der Waals surface area contributed by atoms with E-state index in [-0.39, 0.29) is 11.6 Å². The zero-order valence-electron chi connectivity index (χ0n) is 11.4. The molecule has 0 atom stereocenters. The van der Waals surface area contributed by atoms with Crippen LogP contribution in [0.25, 0.3) is 0 Å². The fourth-order valence-electron chi connectivity index (χ4n) is 2.15. The SMILES string of the molecule is O=C(NN1CCCCC1=O)c1cc(Cn2cccn2)on1. The molecule has 2 aromatic rings. The highest BCUT2D eigenvalue weighted by Gasteiger charge is 2.22. The zero-order chi connectivity index (χ0) is 14.7. The number of rotatable bonds is 4. The van der Waals surface area contributed by atoms with Crippen LogP contribution in [0.3, 0.4) is 0 Å². The fourth-order valence-corrected chi connectivity index (χ4v) is 2.15. The second kappa shape index (κ2) is 5.78. The molecule has 0 spiro atoms. The number of hydrazine groups is 1. The quantitative estimate of drug-likeness (QED) is 0.888. The summed E-state index contributed by atoms with van der Waals surface area (Å²) in [7, 11) is 0. The van der Waals surface area contributed by atoms with Crippen molar-refractivity contribution >= 4 is 11.8 Å². The molecule has 2 aromatic heterocycles. The molecular weight excluding hydrogens is 274 g/mol. The summed E-state index contributed by atoms with van der Waals surface area (Å²) in [5, 5.41) is 9.11. The lowest BCUT2D eigenvalue weighted by atomic mass is 10.1. The maximum atomic E-state index is 12.0. The standard InChI is InChI=1S/C13H15N5O3/c19-12-4-1-2-7-18(12)15-13(20)11-8-10(21-16-11)9-17-6-3-5-14-17/h3,5-6,8H,1-2,4,7,9H2,(H,15,20). The largest absolute Gasteiger partial charge is 0.359 e. The molecule has 1 aliphatic rings. The van der Waals surface area contributed by atoms with Crippen LogP contribution in [0.4, 0.5) is 0 Å². The summed E-state index contributed by atoms with van der Waals surface area (Å²) >= 11 is 0. The van der Waals surface area contributed by atoms with Gasteiger partial charge in [-0.3, -0.25) is 24.7 Å². The molecule has 0 radical (unpaired) electrons. The molecule has 1 aliphatic heterocycles. The normalized spacial score (nSPS) is 15.2. The Hall–Kier alpha value is -2.64. The Morgan fingerprint density at radius 2 is 2.33 bits per heavy atom. The molecule has 3 heterocycles. The van der Waals surface area contributed by atoms with E-state index in [4.69, 9.17) is 4.52 Å². The van der Waals surface area contributed by atoms with Crippen LogP contribution >= 0.6 is 0 Å². The second-order valence-corrected chi connectivity index (χ2v) is 4.83. The van der Waals surface area contributed by atoms with Gasteiger partial charge in [-0.25, -0.2) is 0 Å². The minimum atomic E-state index is -0.444. The van der Waals surface area contributed by atoms with Crippen molar-refractivity contribution in [1.82, 2.24) is 25.4 Å². The molecule has 1 N–H and O–H groups in total. The predicted octanol–water partition coefficient (Wildman–Crippen LogP) is 0.577. The number of carbonyl (C=O) groups excluding carboxylic acids is 2. The monoisotopic (exact) mass is 289 g/mol. The Bertz CT molecular complexity index is 634. The van der Waals surface area contributed by atoms with Crippen molar-refractivity contribution in [2.45, 2.75) is 25.8 Å². The molecule has 1 fully saturated rings. The van der Waals surface area contributed by atoms with Gasteiger partial charge in [0.15, 0.2) is 11.5 Å². The van der Waals surface area contributed by atoms with E-state index in [1.165, 1.54) is 5.01 Å². The minimum Gasteiger partial charge on any atom is -0.359 e. The van der Waals surface area contributed by atoms with Crippen LogP contribution in [-0.4, -0.2) is 38.3 Å². The molecule has 2 amide bonds. The van der Waals surface area contributed by atoms with Crippen molar-refractivity contribution in [2.75, 3.05) is 6.54 Å². The number of nitrogens with one attached hydrogen (secondary N) is 1. The number of hydrogen-bond donors (Lipinski definition) is 1. The van der Waals surface area contributed by atoms with Gasteiger partial charge in [0.1, 0.15) is 6.54 Å². The van der Waals surface area contributed by atoms with Crippen molar-refractivity contribution in [1.29, 1.82) is 0 Å². The second-order valence-electron chi connectivity index (χ2n) is 4.83. The molecule has 0 aliphatic carbocycles. The Labute approximate surface area is 120 Å². The van der Waals surface area contributed by atoms with Gasteiger partial charge in [0.25, 0.3) is 5.91 Å². The Morgan fingerprint density at radius 3 is 3.10 bits per heavy atom. The van der Waals surface area contributed by atoms with E-state index >= 15 is 0 Å². The third-order valence-electron chi connectivity index (χ3n) is 3.23. The first-order chi connectivity index (χ1) is 10.2. The minimum absolute atomic E-state index is 0.0742. The molecule has 1 saturated heterocycles. The van der Waals surface area contributed by atoms with Crippen LogP contribution < -0.4 is 5.43 Å². The van der Waals surface area contributed by atoms with Gasteiger partial charge in [0.05, 0.1) is 0 Å². The van der Waals surface area contributed by atoms with Crippen molar-refractivity contribution in [3.05, 3.63) is 36.0 Å². The summed E-state index contributed by atoms with van der Waals surface area (Å²) < 4.78 is 6.76. The molecule has 8 nitrogen and oxygen atoms in total. The smallest absolute Gasteiger partial charge is 0.292 e. The van der Waals surface area contributed by atoms with Gasteiger partial charge in [0.2, 0.25) is 5.91 Å². The van der Waals surface area contributed by atoms with E-state index in [2.05, 4.69) is 15.7 Å². The summed E-state index contributed by atoms with van der Waals surface area (Å²) in [6.07, 6.45) is 5.66. The number of carbonyl (C=O) groups is 2. The van der Waals surface area contributed by atoms with Gasteiger partial charge >= 0.3 is 0 Å². The first-order valence-corrected chi connectivity index (χ1v) is 6.77. The summed E-state index contributed by atoms with van der Waals surface area (Å²) in [6, 6.07) is 3.34. The third kappa shape index (κ3) is 3.10. The van der Waals surface area contributed by atoms with Gasteiger partial charge in [0, 0.05) is 31.4 Å². The summed E-state index contributed by atoms with van der Waals surface area (Å²) in [5.41, 5.74) is 2.71. The van der Waals surface area contributed by atoms with Gasteiger partial charge in [-0.15, -0.1) is 0 Å².